The van der Waals surface area contributed by atoms with Crippen molar-refractivity contribution in [2.45, 2.75) is 12.6 Å². The quantitative estimate of drug-likeness (QED) is 0.553. The molecule has 0 radical (unpaired) electrons. The van der Waals surface area contributed by atoms with Crippen molar-refractivity contribution in [3.63, 3.8) is 0 Å². The smallest absolute Gasteiger partial charge is 0.328 e. The van der Waals surface area contributed by atoms with Gasteiger partial charge in [-0.15, -0.1) is 0 Å². The van der Waals surface area contributed by atoms with Crippen LogP contribution in [0, 0.1) is 11.3 Å². The number of piperazine rings is 1. The van der Waals surface area contributed by atoms with E-state index in [9.17, 15) is 14.7 Å². The van der Waals surface area contributed by atoms with Gasteiger partial charge in [0.2, 0.25) is 5.91 Å². The van der Waals surface area contributed by atoms with Gasteiger partial charge in [-0.1, -0.05) is 17.7 Å². The molecule has 2 aromatic carbocycles. The van der Waals surface area contributed by atoms with E-state index in [4.69, 9.17) is 22.6 Å². The van der Waals surface area contributed by atoms with Crippen molar-refractivity contribution in [1.29, 1.82) is 5.26 Å². The van der Waals surface area contributed by atoms with E-state index in [1.165, 1.54) is 4.90 Å². The van der Waals surface area contributed by atoms with Crippen LogP contribution in [0.25, 0.3) is 10.9 Å². The number of rotatable bonds is 4. The molecule has 0 aliphatic carbocycles. The highest BCUT2D eigenvalue weighted by molar-refractivity contribution is 6.31. The number of aromatic nitrogens is 1. The van der Waals surface area contributed by atoms with Crippen molar-refractivity contribution in [3.8, 4) is 6.07 Å². The predicted octanol–water partition coefficient (Wildman–Crippen LogP) is 2.58. The number of benzene rings is 2. The van der Waals surface area contributed by atoms with Crippen LogP contribution >= 0.6 is 11.6 Å². The molecule has 1 fully saturated rings. The SMILES string of the molecule is N#Cc1ccc(CN2C(=O)CN(c3cc4cc(Cl)ccc4[nH]3)CC2C(=O)O)cc1N. The number of nitrogens with two attached hydrogens (primary N) is 1. The molecule has 1 aliphatic heterocycles. The number of carbonyl (C=O) groups excluding carboxylic acids is 1. The third-order valence-electron chi connectivity index (χ3n) is 5.20. The number of carboxylic acid groups (broad SMARTS) is 1. The van der Waals surface area contributed by atoms with Gasteiger partial charge in [-0.05, 0) is 42.0 Å². The maximum atomic E-state index is 12.9. The number of amides is 1. The monoisotopic (exact) mass is 423 g/mol. The molecule has 1 aliphatic rings. The molecule has 152 valence electrons. The van der Waals surface area contributed by atoms with Crippen molar-refractivity contribution in [1.82, 2.24) is 9.88 Å². The molecule has 1 atom stereocenters. The van der Waals surface area contributed by atoms with Gasteiger partial charge in [0.15, 0.2) is 0 Å². The average Bonchev–Trinajstić information content (AvgIpc) is 3.12. The number of carboxylic acids is 1. The average molecular weight is 424 g/mol. The molecule has 1 unspecified atom stereocenters. The van der Waals surface area contributed by atoms with Gasteiger partial charge in [0.25, 0.3) is 0 Å². The van der Waals surface area contributed by atoms with Crippen molar-refractivity contribution in [2.24, 2.45) is 0 Å². The van der Waals surface area contributed by atoms with Crippen LogP contribution in [0.2, 0.25) is 5.02 Å². The van der Waals surface area contributed by atoms with Crippen LogP contribution in [-0.4, -0.2) is 46.0 Å². The summed E-state index contributed by atoms with van der Waals surface area (Å²) in [5, 5.41) is 20.2. The zero-order valence-electron chi connectivity index (χ0n) is 15.8. The van der Waals surface area contributed by atoms with Gasteiger partial charge in [0.1, 0.15) is 17.9 Å². The minimum atomic E-state index is -1.09. The highest BCUT2D eigenvalue weighted by atomic mass is 35.5. The van der Waals surface area contributed by atoms with Gasteiger partial charge in [-0.25, -0.2) is 4.79 Å². The van der Waals surface area contributed by atoms with Gasteiger partial charge >= 0.3 is 5.97 Å². The molecule has 9 heteroatoms. The Labute approximate surface area is 177 Å². The minimum absolute atomic E-state index is 0.0378. The first-order valence-corrected chi connectivity index (χ1v) is 9.57. The Morgan fingerprint density at radius 3 is 2.80 bits per heavy atom. The number of anilines is 2. The molecule has 2 heterocycles. The van der Waals surface area contributed by atoms with E-state index in [1.54, 1.807) is 35.2 Å². The van der Waals surface area contributed by atoms with E-state index in [1.807, 2.05) is 18.2 Å². The molecule has 30 heavy (non-hydrogen) atoms. The van der Waals surface area contributed by atoms with Crippen LogP contribution in [0.15, 0.2) is 42.5 Å². The summed E-state index contributed by atoms with van der Waals surface area (Å²) in [7, 11) is 0. The van der Waals surface area contributed by atoms with E-state index in [2.05, 4.69) is 4.98 Å². The zero-order valence-corrected chi connectivity index (χ0v) is 16.6. The number of aromatic amines is 1. The topological polar surface area (TPSA) is 126 Å². The van der Waals surface area contributed by atoms with Crippen LogP contribution in [0.4, 0.5) is 11.5 Å². The fourth-order valence-electron chi connectivity index (χ4n) is 3.66. The summed E-state index contributed by atoms with van der Waals surface area (Å²) in [6, 6.07) is 13.0. The number of carbonyl (C=O) groups is 2. The number of halogens is 1. The third-order valence-corrected chi connectivity index (χ3v) is 5.43. The Morgan fingerprint density at radius 1 is 1.30 bits per heavy atom. The number of nitrogen functional groups attached to an aromatic ring is 1. The predicted molar refractivity (Wildman–Crippen MR) is 113 cm³/mol. The van der Waals surface area contributed by atoms with Crippen LogP contribution in [0.3, 0.4) is 0 Å². The van der Waals surface area contributed by atoms with Crippen LogP contribution in [0.1, 0.15) is 11.1 Å². The first-order valence-electron chi connectivity index (χ1n) is 9.19. The number of nitrogens with one attached hydrogen (secondary N) is 1. The molecule has 8 nitrogen and oxygen atoms in total. The van der Waals surface area contributed by atoms with E-state index in [0.29, 0.717) is 27.7 Å². The second kappa shape index (κ2) is 7.61. The molecule has 0 bridgehead atoms. The Hall–Kier alpha value is -3.70. The van der Waals surface area contributed by atoms with Crippen molar-refractivity contribution in [3.05, 3.63) is 58.6 Å². The molecule has 0 spiro atoms. The Morgan fingerprint density at radius 2 is 2.10 bits per heavy atom. The number of aliphatic carboxylic acids is 1. The minimum Gasteiger partial charge on any atom is -0.480 e. The van der Waals surface area contributed by atoms with E-state index < -0.39 is 12.0 Å². The van der Waals surface area contributed by atoms with Crippen LogP contribution < -0.4 is 10.6 Å². The molecule has 0 saturated carbocycles. The summed E-state index contributed by atoms with van der Waals surface area (Å²) in [4.78, 5) is 31.1. The first-order chi connectivity index (χ1) is 14.4. The zero-order chi connectivity index (χ0) is 21.4. The number of hydrogen-bond acceptors (Lipinski definition) is 5. The highest BCUT2D eigenvalue weighted by Crippen LogP contribution is 2.27. The molecule has 1 amide bonds. The number of H-pyrrole nitrogens is 1. The molecule has 1 saturated heterocycles. The maximum Gasteiger partial charge on any atom is 0.328 e. The molecular formula is C21H18ClN5O3. The second-order valence-corrected chi connectivity index (χ2v) is 7.61. The second-order valence-electron chi connectivity index (χ2n) is 7.18. The van der Waals surface area contributed by atoms with Crippen LogP contribution in [-0.2, 0) is 16.1 Å². The largest absolute Gasteiger partial charge is 0.480 e. The Balaban J connectivity index is 1.59. The number of nitrogens with zero attached hydrogens (tertiary/aromatic N) is 3. The van der Waals surface area contributed by atoms with Crippen molar-refractivity contribution < 1.29 is 14.7 Å². The van der Waals surface area contributed by atoms with E-state index >= 15 is 0 Å². The van der Waals surface area contributed by atoms with Gasteiger partial charge in [-0.2, -0.15) is 5.26 Å². The highest BCUT2D eigenvalue weighted by Gasteiger charge is 2.37. The van der Waals surface area contributed by atoms with Crippen LogP contribution in [0.5, 0.6) is 0 Å². The fourth-order valence-corrected chi connectivity index (χ4v) is 3.84. The maximum absolute atomic E-state index is 12.9. The van der Waals surface area contributed by atoms with Crippen molar-refractivity contribution >= 4 is 45.9 Å². The fraction of sp³-hybridized carbons (Fsp3) is 0.190. The van der Waals surface area contributed by atoms with Gasteiger partial charge in [0.05, 0.1) is 18.7 Å². The van der Waals surface area contributed by atoms with Crippen molar-refractivity contribution in [2.75, 3.05) is 23.7 Å². The lowest BCUT2D eigenvalue weighted by Crippen LogP contribution is -2.59. The normalized spacial score (nSPS) is 16.7. The summed E-state index contributed by atoms with van der Waals surface area (Å²) in [6.07, 6.45) is 0. The summed E-state index contributed by atoms with van der Waals surface area (Å²) in [6.45, 7) is 0.269. The van der Waals surface area contributed by atoms with Gasteiger partial charge in [0, 0.05) is 28.2 Å². The molecular weight excluding hydrogens is 406 g/mol. The summed E-state index contributed by atoms with van der Waals surface area (Å²) >= 11 is 6.04. The lowest BCUT2D eigenvalue weighted by molar-refractivity contribution is -0.151. The third kappa shape index (κ3) is 3.63. The number of fused-ring (bicyclic) bond motifs is 1. The Bertz CT molecular complexity index is 1200. The summed E-state index contributed by atoms with van der Waals surface area (Å²) < 4.78 is 0. The lowest BCUT2D eigenvalue weighted by Gasteiger charge is -2.39. The molecule has 1 aromatic heterocycles. The summed E-state index contributed by atoms with van der Waals surface area (Å²) in [5.74, 6) is -0.740. The Kier molecular flexibility index (Phi) is 4.98. The molecule has 4 N–H and O–H groups in total. The summed E-state index contributed by atoms with van der Waals surface area (Å²) in [5.41, 5.74) is 8.00. The van der Waals surface area contributed by atoms with E-state index in [0.717, 1.165) is 10.9 Å². The van der Waals surface area contributed by atoms with E-state index in [-0.39, 0.29) is 25.5 Å². The van der Waals surface area contributed by atoms with Gasteiger partial charge < -0.3 is 25.6 Å². The number of nitriles is 1. The van der Waals surface area contributed by atoms with Gasteiger partial charge in [-0.3, -0.25) is 4.79 Å². The number of hydrogen-bond donors (Lipinski definition) is 3. The standard InChI is InChI=1S/C21H18ClN5O3/c22-15-3-4-17-14(6-15)7-19(25-17)26-10-18(21(29)30)27(20(28)11-26)9-12-1-2-13(8-23)16(24)5-12/h1-7,18,25H,9-11,24H2,(H,29,30). The molecule has 3 aromatic rings. The first kappa shape index (κ1) is 19.6. The lowest BCUT2D eigenvalue weighted by atomic mass is 10.1. The molecule has 4 rings (SSSR count).